The summed E-state index contributed by atoms with van der Waals surface area (Å²) in [5.41, 5.74) is 0.917. The van der Waals surface area contributed by atoms with E-state index < -0.39 is 5.82 Å². The van der Waals surface area contributed by atoms with E-state index in [9.17, 15) is 4.39 Å². The topological polar surface area (TPSA) is 67.3 Å². The second-order valence-electron chi connectivity index (χ2n) is 6.58. The molecule has 0 amide bonds. The molecule has 2 saturated heterocycles. The molecule has 4 heterocycles. The fourth-order valence-corrected chi connectivity index (χ4v) is 3.47. The Morgan fingerprint density at radius 3 is 2.68 bits per heavy atom. The minimum absolute atomic E-state index is 0.116. The molecule has 0 spiro atoms. The normalized spacial score (nSPS) is 23.9. The Labute approximate surface area is 145 Å². The highest BCUT2D eigenvalue weighted by atomic mass is 19.1. The zero-order chi connectivity index (χ0) is 17.2. The minimum atomic E-state index is -0.417. The van der Waals surface area contributed by atoms with Gasteiger partial charge in [-0.25, -0.2) is 14.4 Å². The maximum Gasteiger partial charge on any atom is 0.225 e. The monoisotopic (exact) mass is 344 g/mol. The lowest BCUT2D eigenvalue weighted by molar-refractivity contribution is 0.0249. The van der Waals surface area contributed by atoms with Gasteiger partial charge in [-0.2, -0.15) is 5.10 Å². The summed E-state index contributed by atoms with van der Waals surface area (Å²) in [5.74, 6) is 1.47. The Kier molecular flexibility index (Phi) is 4.44. The molecule has 2 aromatic heterocycles. The number of anilines is 2. The number of aryl methyl sites for hydroxylation is 1. The van der Waals surface area contributed by atoms with E-state index in [-0.39, 0.29) is 6.10 Å². The van der Waals surface area contributed by atoms with Gasteiger partial charge < -0.3 is 14.5 Å². The van der Waals surface area contributed by atoms with Crippen molar-refractivity contribution in [3.05, 3.63) is 36.0 Å². The lowest BCUT2D eigenvalue weighted by atomic mass is 9.93. The molecule has 25 heavy (non-hydrogen) atoms. The van der Waals surface area contributed by atoms with Crippen molar-refractivity contribution >= 4 is 11.8 Å². The van der Waals surface area contributed by atoms with Crippen LogP contribution in [0.1, 0.15) is 12.1 Å². The zero-order valence-electron chi connectivity index (χ0n) is 14.2. The molecule has 2 aromatic rings. The Morgan fingerprint density at radius 2 is 1.92 bits per heavy atom. The fourth-order valence-electron chi connectivity index (χ4n) is 3.47. The molecule has 0 bridgehead atoms. The van der Waals surface area contributed by atoms with Gasteiger partial charge in [0, 0.05) is 32.1 Å². The summed E-state index contributed by atoms with van der Waals surface area (Å²) < 4.78 is 19.1. The molecule has 2 aliphatic rings. The highest BCUT2D eigenvalue weighted by Crippen LogP contribution is 2.27. The quantitative estimate of drug-likeness (QED) is 0.817. The highest BCUT2D eigenvalue weighted by molar-refractivity contribution is 5.38. The maximum absolute atomic E-state index is 13.0. The molecule has 4 rings (SSSR count). The molecule has 0 unspecified atom stereocenters. The van der Waals surface area contributed by atoms with Crippen molar-refractivity contribution in [1.29, 1.82) is 0 Å². The molecule has 0 radical (unpaired) electrons. The number of halogens is 1. The lowest BCUT2D eigenvalue weighted by Crippen LogP contribution is -2.47. The predicted octanol–water partition coefficient (Wildman–Crippen LogP) is 1.45. The van der Waals surface area contributed by atoms with Crippen LogP contribution in [0.2, 0.25) is 0 Å². The molecule has 8 heteroatoms. The third-order valence-corrected chi connectivity index (χ3v) is 4.84. The van der Waals surface area contributed by atoms with Gasteiger partial charge in [0.05, 0.1) is 30.8 Å². The summed E-state index contributed by atoms with van der Waals surface area (Å²) in [4.78, 5) is 12.5. The van der Waals surface area contributed by atoms with E-state index in [1.807, 2.05) is 19.1 Å². The van der Waals surface area contributed by atoms with Crippen LogP contribution in [0.25, 0.3) is 0 Å². The van der Waals surface area contributed by atoms with Crippen molar-refractivity contribution in [2.45, 2.75) is 19.4 Å². The Balaban J connectivity index is 1.45. The first kappa shape index (κ1) is 16.1. The van der Waals surface area contributed by atoms with Crippen LogP contribution >= 0.6 is 0 Å². The molecule has 0 saturated carbocycles. The van der Waals surface area contributed by atoms with Crippen LogP contribution in [0.3, 0.4) is 0 Å². The van der Waals surface area contributed by atoms with Gasteiger partial charge in [0.1, 0.15) is 0 Å². The van der Waals surface area contributed by atoms with E-state index >= 15 is 0 Å². The van der Waals surface area contributed by atoms with Gasteiger partial charge in [0.25, 0.3) is 0 Å². The first-order valence-electron chi connectivity index (χ1n) is 8.58. The van der Waals surface area contributed by atoms with Crippen molar-refractivity contribution in [3.8, 4) is 0 Å². The van der Waals surface area contributed by atoms with Crippen LogP contribution in [0.5, 0.6) is 0 Å². The minimum Gasteiger partial charge on any atom is -0.374 e. The van der Waals surface area contributed by atoms with Gasteiger partial charge in [0.2, 0.25) is 5.95 Å². The average Bonchev–Trinajstić information content (AvgIpc) is 2.85. The number of fused-ring (bicyclic) bond motifs is 1. The summed E-state index contributed by atoms with van der Waals surface area (Å²) in [7, 11) is 0. The van der Waals surface area contributed by atoms with Crippen LogP contribution in [-0.2, 0) is 4.74 Å². The van der Waals surface area contributed by atoms with E-state index in [1.54, 1.807) is 0 Å². The molecule has 132 valence electrons. The molecular formula is C17H21FN6O. The molecule has 0 aromatic carbocycles. The highest BCUT2D eigenvalue weighted by Gasteiger charge is 2.34. The number of ether oxygens (including phenoxy) is 1. The number of hydrogen-bond acceptors (Lipinski definition) is 7. The zero-order valence-corrected chi connectivity index (χ0v) is 14.2. The fraction of sp³-hybridized carbons (Fsp3) is 0.529. The average molecular weight is 344 g/mol. The second-order valence-corrected chi connectivity index (χ2v) is 6.58. The van der Waals surface area contributed by atoms with E-state index in [4.69, 9.17) is 4.74 Å². The summed E-state index contributed by atoms with van der Waals surface area (Å²) >= 11 is 0. The summed E-state index contributed by atoms with van der Waals surface area (Å²) in [6.45, 7) is 5.85. The maximum atomic E-state index is 13.0. The van der Waals surface area contributed by atoms with Crippen molar-refractivity contribution in [2.24, 2.45) is 5.92 Å². The first-order valence-corrected chi connectivity index (χ1v) is 8.58. The molecule has 0 aliphatic carbocycles. The van der Waals surface area contributed by atoms with Crippen LogP contribution < -0.4 is 9.80 Å². The molecule has 2 atom stereocenters. The predicted molar refractivity (Wildman–Crippen MR) is 91.0 cm³/mol. The van der Waals surface area contributed by atoms with E-state index in [1.165, 1.54) is 12.4 Å². The SMILES string of the molecule is Cc1ccc(N2CCO[C@@H]3CN(c4ncc(F)cn4)CC[C@@H]3C2)nn1. The molecule has 2 fully saturated rings. The number of nitrogens with zero attached hydrogens (tertiary/aromatic N) is 6. The van der Waals surface area contributed by atoms with Crippen molar-refractivity contribution in [1.82, 2.24) is 20.2 Å². The van der Waals surface area contributed by atoms with E-state index in [2.05, 4.69) is 30.0 Å². The Bertz CT molecular complexity index is 710. The van der Waals surface area contributed by atoms with Crippen LogP contribution in [0.4, 0.5) is 16.2 Å². The Hall–Kier alpha value is -2.35. The first-order chi connectivity index (χ1) is 12.2. The van der Waals surface area contributed by atoms with Gasteiger partial charge in [-0.1, -0.05) is 0 Å². The third kappa shape index (κ3) is 3.53. The number of aromatic nitrogens is 4. The molecular weight excluding hydrogens is 323 g/mol. The summed E-state index contributed by atoms with van der Waals surface area (Å²) in [5, 5.41) is 8.47. The van der Waals surface area contributed by atoms with Crippen molar-refractivity contribution < 1.29 is 9.13 Å². The number of rotatable bonds is 2. The number of hydrogen-bond donors (Lipinski definition) is 0. The van der Waals surface area contributed by atoms with Crippen LogP contribution in [0.15, 0.2) is 24.5 Å². The van der Waals surface area contributed by atoms with Gasteiger partial charge in [-0.15, -0.1) is 5.10 Å². The largest absolute Gasteiger partial charge is 0.374 e. The Morgan fingerprint density at radius 1 is 1.08 bits per heavy atom. The van der Waals surface area contributed by atoms with Gasteiger partial charge in [-0.05, 0) is 25.5 Å². The van der Waals surface area contributed by atoms with E-state index in [0.29, 0.717) is 18.5 Å². The molecule has 0 N–H and O–H groups in total. The number of piperidine rings is 1. The lowest BCUT2D eigenvalue weighted by Gasteiger charge is -2.38. The molecule has 2 aliphatic heterocycles. The van der Waals surface area contributed by atoms with Gasteiger partial charge in [-0.3, -0.25) is 0 Å². The molecule has 7 nitrogen and oxygen atoms in total. The van der Waals surface area contributed by atoms with E-state index in [0.717, 1.165) is 44.1 Å². The standard InChI is InChI=1S/C17H21FN6O/c1-12-2-3-16(22-21-12)23-6-7-25-15-11-24(5-4-13(15)10-23)17-19-8-14(18)9-20-17/h2-3,8-9,13,15H,4-7,10-11H2,1H3/t13-,15-/m1/s1. The van der Waals surface area contributed by atoms with Crippen LogP contribution in [-0.4, -0.2) is 59.1 Å². The van der Waals surface area contributed by atoms with Crippen molar-refractivity contribution in [2.75, 3.05) is 42.6 Å². The summed E-state index contributed by atoms with van der Waals surface area (Å²) in [6.07, 6.45) is 3.51. The second kappa shape index (κ2) is 6.87. The van der Waals surface area contributed by atoms with Gasteiger partial charge in [0.15, 0.2) is 11.6 Å². The van der Waals surface area contributed by atoms with Gasteiger partial charge >= 0.3 is 0 Å². The third-order valence-electron chi connectivity index (χ3n) is 4.84. The summed E-state index contributed by atoms with van der Waals surface area (Å²) in [6, 6.07) is 4.00. The smallest absolute Gasteiger partial charge is 0.225 e. The van der Waals surface area contributed by atoms with Crippen molar-refractivity contribution in [3.63, 3.8) is 0 Å². The van der Waals surface area contributed by atoms with Crippen LogP contribution in [0, 0.1) is 18.7 Å².